The summed E-state index contributed by atoms with van der Waals surface area (Å²) < 4.78 is 26.8. The number of sulfonamides is 1. The van der Waals surface area contributed by atoms with Gasteiger partial charge in [0.1, 0.15) is 0 Å². The van der Waals surface area contributed by atoms with Crippen molar-refractivity contribution in [3.05, 3.63) is 41.0 Å². The molecular formula is C18H24ClN3O2S. The average Bonchev–Trinajstić information content (AvgIpc) is 3.05. The highest BCUT2D eigenvalue weighted by atomic mass is 35.5. The third kappa shape index (κ3) is 4.43. The normalized spacial score (nSPS) is 21.6. The van der Waals surface area contributed by atoms with Gasteiger partial charge in [0.25, 0.3) is 0 Å². The van der Waals surface area contributed by atoms with Gasteiger partial charge in [0.15, 0.2) is 0 Å². The highest BCUT2D eigenvalue weighted by Gasteiger charge is 2.27. The van der Waals surface area contributed by atoms with Crippen LogP contribution in [0, 0.1) is 0 Å². The number of rotatable bonds is 5. The van der Waals surface area contributed by atoms with E-state index in [0.717, 1.165) is 42.6 Å². The molecule has 1 aliphatic carbocycles. The predicted molar refractivity (Wildman–Crippen MR) is 101 cm³/mol. The minimum absolute atomic E-state index is 0.0407. The molecule has 1 fully saturated rings. The average molecular weight is 382 g/mol. The summed E-state index contributed by atoms with van der Waals surface area (Å²) in [5.41, 5.74) is 2.99. The number of nitrogens with zero attached hydrogens (tertiary/aromatic N) is 1. The van der Waals surface area contributed by atoms with Gasteiger partial charge >= 0.3 is 0 Å². The Morgan fingerprint density at radius 2 is 1.92 bits per heavy atom. The van der Waals surface area contributed by atoms with Crippen molar-refractivity contribution in [2.45, 2.75) is 56.7 Å². The molecule has 1 heterocycles. The SMILES string of the molecule is CC(C)S(=O)(=O)N[C@H]1CC[C@H](c2cc(-c3cccc(Cl)c3)n[nH]2)CC1. The number of aromatic amines is 1. The van der Waals surface area contributed by atoms with Crippen molar-refractivity contribution in [1.29, 1.82) is 0 Å². The Kier molecular flexibility index (Phi) is 5.51. The number of H-pyrrole nitrogens is 1. The number of nitrogens with one attached hydrogen (secondary N) is 2. The van der Waals surface area contributed by atoms with Gasteiger partial charge in [-0.05, 0) is 57.7 Å². The van der Waals surface area contributed by atoms with Crippen molar-refractivity contribution < 1.29 is 8.42 Å². The molecule has 2 N–H and O–H groups in total. The number of halogens is 1. The van der Waals surface area contributed by atoms with Gasteiger partial charge < -0.3 is 0 Å². The molecule has 0 spiro atoms. The van der Waals surface area contributed by atoms with E-state index < -0.39 is 15.3 Å². The molecule has 1 aliphatic rings. The zero-order chi connectivity index (χ0) is 18.0. The summed E-state index contributed by atoms with van der Waals surface area (Å²) in [5.74, 6) is 0.389. The van der Waals surface area contributed by atoms with Crippen LogP contribution in [0.5, 0.6) is 0 Å². The van der Waals surface area contributed by atoms with Crippen LogP contribution in [0.25, 0.3) is 11.3 Å². The predicted octanol–water partition coefficient (Wildman–Crippen LogP) is 4.08. The lowest BCUT2D eigenvalue weighted by Gasteiger charge is -2.28. The molecule has 136 valence electrons. The number of benzene rings is 1. The van der Waals surface area contributed by atoms with Gasteiger partial charge in [-0.2, -0.15) is 5.10 Å². The van der Waals surface area contributed by atoms with E-state index in [1.54, 1.807) is 13.8 Å². The second-order valence-corrected chi connectivity index (χ2v) is 9.68. The van der Waals surface area contributed by atoms with Crippen LogP contribution in [0.15, 0.2) is 30.3 Å². The molecule has 1 saturated carbocycles. The largest absolute Gasteiger partial charge is 0.282 e. The van der Waals surface area contributed by atoms with E-state index in [2.05, 4.69) is 21.0 Å². The maximum atomic E-state index is 12.0. The van der Waals surface area contributed by atoms with E-state index in [0.29, 0.717) is 10.9 Å². The number of aromatic nitrogens is 2. The van der Waals surface area contributed by atoms with E-state index in [1.165, 1.54) is 0 Å². The standard InChI is InChI=1S/C18H24ClN3O2S/c1-12(2)25(23,24)22-16-8-6-13(7-9-16)17-11-18(21-20-17)14-4-3-5-15(19)10-14/h3-5,10-13,16,22H,6-9H2,1-2H3,(H,20,21)/t13-,16-. The summed E-state index contributed by atoms with van der Waals surface area (Å²) in [6.07, 6.45) is 3.59. The second-order valence-electron chi connectivity index (χ2n) is 6.98. The maximum Gasteiger partial charge on any atom is 0.214 e. The van der Waals surface area contributed by atoms with Crippen LogP contribution < -0.4 is 4.72 Å². The molecule has 0 bridgehead atoms. The fourth-order valence-electron chi connectivity index (χ4n) is 3.23. The molecule has 0 radical (unpaired) electrons. The number of hydrogen-bond donors (Lipinski definition) is 2. The van der Waals surface area contributed by atoms with Crippen LogP contribution in [0.4, 0.5) is 0 Å². The van der Waals surface area contributed by atoms with Crippen molar-refractivity contribution in [2.75, 3.05) is 0 Å². The fraction of sp³-hybridized carbons (Fsp3) is 0.500. The lowest BCUT2D eigenvalue weighted by molar-refractivity contribution is 0.369. The molecule has 0 amide bonds. The third-order valence-electron chi connectivity index (χ3n) is 4.84. The quantitative estimate of drug-likeness (QED) is 0.819. The van der Waals surface area contributed by atoms with Gasteiger partial charge in [-0.3, -0.25) is 5.10 Å². The lowest BCUT2D eigenvalue weighted by Crippen LogP contribution is -2.40. The van der Waals surface area contributed by atoms with E-state index in [1.807, 2.05) is 24.3 Å². The molecule has 2 aromatic rings. The monoisotopic (exact) mass is 381 g/mol. The van der Waals surface area contributed by atoms with Crippen molar-refractivity contribution >= 4 is 21.6 Å². The number of hydrogen-bond acceptors (Lipinski definition) is 3. The van der Waals surface area contributed by atoms with Gasteiger partial charge in [0, 0.05) is 28.2 Å². The summed E-state index contributed by atoms with van der Waals surface area (Å²) in [5, 5.41) is 7.86. The Labute approximate surface area is 154 Å². The van der Waals surface area contributed by atoms with E-state index in [4.69, 9.17) is 11.6 Å². The van der Waals surface area contributed by atoms with Crippen LogP contribution in [0.3, 0.4) is 0 Å². The van der Waals surface area contributed by atoms with Crippen LogP contribution in [0.2, 0.25) is 5.02 Å². The van der Waals surface area contributed by atoms with Crippen LogP contribution >= 0.6 is 11.6 Å². The summed E-state index contributed by atoms with van der Waals surface area (Å²) in [7, 11) is -3.20. The van der Waals surface area contributed by atoms with Crippen molar-refractivity contribution in [1.82, 2.24) is 14.9 Å². The first-order valence-corrected chi connectivity index (χ1v) is 10.6. The molecule has 0 unspecified atom stereocenters. The topological polar surface area (TPSA) is 74.8 Å². The Morgan fingerprint density at radius 1 is 1.20 bits per heavy atom. The molecule has 25 heavy (non-hydrogen) atoms. The molecule has 7 heteroatoms. The van der Waals surface area contributed by atoms with Gasteiger partial charge in [0.05, 0.1) is 10.9 Å². The zero-order valence-corrected chi connectivity index (χ0v) is 16.1. The third-order valence-corrected chi connectivity index (χ3v) is 6.97. The molecule has 0 atom stereocenters. The molecular weight excluding hydrogens is 358 g/mol. The maximum absolute atomic E-state index is 12.0. The molecule has 3 rings (SSSR count). The highest BCUT2D eigenvalue weighted by molar-refractivity contribution is 7.90. The van der Waals surface area contributed by atoms with E-state index in [9.17, 15) is 8.42 Å². The van der Waals surface area contributed by atoms with Gasteiger partial charge in [-0.25, -0.2) is 13.1 Å². The molecule has 0 saturated heterocycles. The summed E-state index contributed by atoms with van der Waals surface area (Å²) >= 11 is 6.05. The summed E-state index contributed by atoms with van der Waals surface area (Å²) in [6.45, 7) is 3.41. The zero-order valence-electron chi connectivity index (χ0n) is 14.5. The first-order valence-electron chi connectivity index (χ1n) is 8.67. The summed E-state index contributed by atoms with van der Waals surface area (Å²) in [6, 6.07) is 9.77. The fourth-order valence-corrected chi connectivity index (χ4v) is 4.39. The molecule has 0 aliphatic heterocycles. The Hall–Kier alpha value is -1.37. The van der Waals surface area contributed by atoms with Gasteiger partial charge in [0.2, 0.25) is 10.0 Å². The molecule has 1 aromatic carbocycles. The Balaban J connectivity index is 1.62. The molecule has 1 aromatic heterocycles. The Bertz CT molecular complexity index is 824. The van der Waals surface area contributed by atoms with Crippen LogP contribution in [-0.4, -0.2) is 29.9 Å². The molecule has 5 nitrogen and oxygen atoms in total. The van der Waals surface area contributed by atoms with Crippen molar-refractivity contribution in [3.63, 3.8) is 0 Å². The van der Waals surface area contributed by atoms with Gasteiger partial charge in [-0.1, -0.05) is 23.7 Å². The van der Waals surface area contributed by atoms with Crippen LogP contribution in [-0.2, 0) is 10.0 Å². The first-order chi connectivity index (χ1) is 11.8. The Morgan fingerprint density at radius 3 is 2.56 bits per heavy atom. The smallest absolute Gasteiger partial charge is 0.214 e. The first kappa shape index (κ1) is 18.4. The minimum Gasteiger partial charge on any atom is -0.282 e. The lowest BCUT2D eigenvalue weighted by atomic mass is 9.84. The van der Waals surface area contributed by atoms with Crippen molar-refractivity contribution in [2.24, 2.45) is 0 Å². The van der Waals surface area contributed by atoms with Crippen molar-refractivity contribution in [3.8, 4) is 11.3 Å². The summed E-state index contributed by atoms with van der Waals surface area (Å²) in [4.78, 5) is 0. The minimum atomic E-state index is -3.20. The van der Waals surface area contributed by atoms with Crippen LogP contribution in [0.1, 0.15) is 51.1 Å². The van der Waals surface area contributed by atoms with E-state index >= 15 is 0 Å². The van der Waals surface area contributed by atoms with E-state index in [-0.39, 0.29) is 6.04 Å². The highest BCUT2D eigenvalue weighted by Crippen LogP contribution is 2.34. The van der Waals surface area contributed by atoms with Gasteiger partial charge in [-0.15, -0.1) is 0 Å². The second kappa shape index (κ2) is 7.48.